The van der Waals surface area contributed by atoms with Gasteiger partial charge in [-0.1, -0.05) is 54.7 Å². The second kappa shape index (κ2) is 6.45. The maximum atomic E-state index is 13.8. The molecule has 1 atom stereocenters. The van der Waals surface area contributed by atoms with Crippen LogP contribution in [0.3, 0.4) is 0 Å². The van der Waals surface area contributed by atoms with Crippen molar-refractivity contribution in [1.82, 2.24) is 0 Å². The Hall–Kier alpha value is -2.27. The minimum atomic E-state index is -0.772. The zero-order valence-corrected chi connectivity index (χ0v) is 12.3. The fourth-order valence-electron chi connectivity index (χ4n) is 2.11. The number of thiocarbonyl (C=S) groups is 1. The normalized spacial score (nSPS) is 11.7. The quantitative estimate of drug-likeness (QED) is 0.883. The van der Waals surface area contributed by atoms with Gasteiger partial charge >= 0.3 is 0 Å². The molecule has 0 saturated carbocycles. The summed E-state index contributed by atoms with van der Waals surface area (Å²) in [6.45, 7) is 0. The van der Waals surface area contributed by atoms with E-state index in [1.165, 1.54) is 24.1 Å². The molecule has 2 aromatic carbocycles. The minimum Gasteiger partial charge on any atom is -0.392 e. The Morgan fingerprint density at radius 2 is 1.71 bits per heavy atom. The molecule has 0 heterocycles. The molecular formula is C16H15FN2OS. The van der Waals surface area contributed by atoms with E-state index in [9.17, 15) is 9.18 Å². The number of carbonyl (C=O) groups is 1. The molecule has 0 aromatic heterocycles. The molecule has 0 aliphatic heterocycles. The molecule has 2 rings (SSSR count). The maximum Gasteiger partial charge on any atom is 0.241 e. The highest BCUT2D eigenvalue weighted by atomic mass is 32.1. The number of halogens is 1. The van der Waals surface area contributed by atoms with Gasteiger partial charge in [-0.05, 0) is 17.7 Å². The molecule has 0 aliphatic rings. The summed E-state index contributed by atoms with van der Waals surface area (Å²) in [7, 11) is 1.51. The molecule has 2 aromatic rings. The van der Waals surface area contributed by atoms with E-state index in [2.05, 4.69) is 0 Å². The second-order valence-corrected chi connectivity index (χ2v) is 5.07. The topological polar surface area (TPSA) is 46.3 Å². The number of carbonyl (C=O) groups excluding carboxylic acids is 1. The fourth-order valence-corrected chi connectivity index (χ4v) is 2.35. The van der Waals surface area contributed by atoms with E-state index < -0.39 is 11.7 Å². The number of benzene rings is 2. The van der Waals surface area contributed by atoms with Crippen molar-refractivity contribution in [2.45, 2.75) is 5.92 Å². The molecule has 108 valence electrons. The van der Waals surface area contributed by atoms with E-state index in [1.54, 1.807) is 36.4 Å². The molecule has 21 heavy (non-hydrogen) atoms. The van der Waals surface area contributed by atoms with Gasteiger partial charge in [-0.2, -0.15) is 0 Å². The first-order valence-electron chi connectivity index (χ1n) is 6.38. The Morgan fingerprint density at radius 1 is 1.14 bits per heavy atom. The summed E-state index contributed by atoms with van der Waals surface area (Å²) < 4.78 is 13.8. The third-order valence-electron chi connectivity index (χ3n) is 3.21. The summed E-state index contributed by atoms with van der Waals surface area (Å²) in [6.07, 6.45) is 0. The Kier molecular flexibility index (Phi) is 4.65. The predicted octanol–water partition coefficient (Wildman–Crippen LogP) is 2.86. The number of rotatable bonds is 4. The van der Waals surface area contributed by atoms with Gasteiger partial charge < -0.3 is 10.6 Å². The Morgan fingerprint density at radius 3 is 2.29 bits per heavy atom. The summed E-state index contributed by atoms with van der Waals surface area (Å²) >= 11 is 5.01. The van der Waals surface area contributed by atoms with Crippen LogP contribution in [0.15, 0.2) is 54.6 Å². The number of nitrogens with two attached hydrogens (primary N) is 1. The lowest BCUT2D eigenvalue weighted by Crippen LogP contribution is -2.38. The molecule has 2 N–H and O–H groups in total. The van der Waals surface area contributed by atoms with Crippen LogP contribution in [0.2, 0.25) is 0 Å². The van der Waals surface area contributed by atoms with Gasteiger partial charge in [0.1, 0.15) is 11.7 Å². The average molecular weight is 302 g/mol. The van der Waals surface area contributed by atoms with Crippen molar-refractivity contribution in [3.8, 4) is 0 Å². The van der Waals surface area contributed by atoms with Crippen LogP contribution in [0.5, 0.6) is 0 Å². The first kappa shape index (κ1) is 15.1. The van der Waals surface area contributed by atoms with E-state index >= 15 is 0 Å². The van der Waals surface area contributed by atoms with Gasteiger partial charge in [0.05, 0.1) is 10.7 Å². The summed E-state index contributed by atoms with van der Waals surface area (Å²) in [5, 5.41) is 0. The first-order chi connectivity index (χ1) is 10.0. The summed E-state index contributed by atoms with van der Waals surface area (Å²) in [4.78, 5) is 13.9. The van der Waals surface area contributed by atoms with Crippen molar-refractivity contribution in [2.24, 2.45) is 5.73 Å². The highest BCUT2D eigenvalue weighted by molar-refractivity contribution is 7.80. The zero-order valence-electron chi connectivity index (χ0n) is 11.5. The predicted molar refractivity (Wildman–Crippen MR) is 85.8 cm³/mol. The van der Waals surface area contributed by atoms with Gasteiger partial charge in [0.25, 0.3) is 0 Å². The lowest BCUT2D eigenvalue weighted by molar-refractivity contribution is -0.118. The van der Waals surface area contributed by atoms with Crippen molar-refractivity contribution < 1.29 is 9.18 Å². The molecule has 0 fully saturated rings. The number of hydrogen-bond donors (Lipinski definition) is 1. The monoisotopic (exact) mass is 302 g/mol. The molecule has 0 radical (unpaired) electrons. The fraction of sp³-hybridized carbons (Fsp3) is 0.125. The molecule has 0 bridgehead atoms. The Balaban J connectivity index is 2.36. The minimum absolute atomic E-state index is 0.0642. The van der Waals surface area contributed by atoms with Gasteiger partial charge in [-0.25, -0.2) is 4.39 Å². The highest BCUT2D eigenvalue weighted by Crippen LogP contribution is 2.24. The van der Waals surface area contributed by atoms with E-state index in [1.807, 2.05) is 6.07 Å². The van der Waals surface area contributed by atoms with Crippen LogP contribution < -0.4 is 10.6 Å². The van der Waals surface area contributed by atoms with Crippen molar-refractivity contribution in [3.05, 3.63) is 66.0 Å². The third kappa shape index (κ3) is 3.25. The number of nitrogens with zero attached hydrogens (tertiary/aromatic N) is 1. The maximum absolute atomic E-state index is 13.8. The number of para-hydroxylation sites is 1. The van der Waals surface area contributed by atoms with Crippen LogP contribution in [0.1, 0.15) is 11.5 Å². The highest BCUT2D eigenvalue weighted by Gasteiger charge is 2.28. The lowest BCUT2D eigenvalue weighted by atomic mass is 9.97. The van der Waals surface area contributed by atoms with Crippen LogP contribution in [0.25, 0.3) is 0 Å². The summed E-state index contributed by atoms with van der Waals surface area (Å²) in [5.41, 5.74) is 6.60. The largest absolute Gasteiger partial charge is 0.392 e. The second-order valence-electron chi connectivity index (χ2n) is 4.59. The van der Waals surface area contributed by atoms with Gasteiger partial charge in [0.2, 0.25) is 5.91 Å². The SMILES string of the molecule is CN(C(=O)C(C(N)=S)c1ccccc1)c1ccccc1F. The number of anilines is 1. The Bertz CT molecular complexity index is 660. The van der Waals surface area contributed by atoms with Crippen molar-refractivity contribution in [3.63, 3.8) is 0 Å². The van der Waals surface area contributed by atoms with E-state index in [0.29, 0.717) is 5.56 Å². The van der Waals surface area contributed by atoms with Crippen molar-refractivity contribution in [2.75, 3.05) is 11.9 Å². The summed E-state index contributed by atoms with van der Waals surface area (Å²) in [5.74, 6) is -1.60. The van der Waals surface area contributed by atoms with Crippen LogP contribution in [0.4, 0.5) is 10.1 Å². The summed E-state index contributed by atoms with van der Waals surface area (Å²) in [6, 6.07) is 15.1. The Labute approximate surface area is 128 Å². The van der Waals surface area contributed by atoms with Gasteiger partial charge in [0.15, 0.2) is 0 Å². The molecule has 5 heteroatoms. The molecule has 0 spiro atoms. The lowest BCUT2D eigenvalue weighted by Gasteiger charge is -2.24. The zero-order chi connectivity index (χ0) is 15.4. The smallest absolute Gasteiger partial charge is 0.241 e. The molecule has 1 unspecified atom stereocenters. The number of hydrogen-bond acceptors (Lipinski definition) is 2. The molecule has 1 amide bonds. The van der Waals surface area contributed by atoms with Gasteiger partial charge in [0, 0.05) is 7.05 Å². The number of amides is 1. The van der Waals surface area contributed by atoms with Crippen molar-refractivity contribution >= 4 is 28.8 Å². The molecule has 0 aliphatic carbocycles. The van der Waals surface area contributed by atoms with E-state index in [0.717, 1.165) is 0 Å². The van der Waals surface area contributed by atoms with Crippen LogP contribution in [-0.2, 0) is 4.79 Å². The van der Waals surface area contributed by atoms with E-state index in [-0.39, 0.29) is 16.6 Å². The van der Waals surface area contributed by atoms with Gasteiger partial charge in [-0.15, -0.1) is 0 Å². The number of likely N-dealkylation sites (N-methyl/N-ethyl adjacent to an activating group) is 1. The molecular weight excluding hydrogens is 287 g/mol. The molecule has 3 nitrogen and oxygen atoms in total. The van der Waals surface area contributed by atoms with Crippen molar-refractivity contribution in [1.29, 1.82) is 0 Å². The van der Waals surface area contributed by atoms with Crippen LogP contribution in [-0.4, -0.2) is 17.9 Å². The average Bonchev–Trinajstić information content (AvgIpc) is 2.48. The van der Waals surface area contributed by atoms with Gasteiger partial charge in [-0.3, -0.25) is 4.79 Å². The molecule has 0 saturated heterocycles. The van der Waals surface area contributed by atoms with E-state index in [4.69, 9.17) is 18.0 Å². The van der Waals surface area contributed by atoms with Crippen LogP contribution >= 0.6 is 12.2 Å². The van der Waals surface area contributed by atoms with Crippen LogP contribution in [0, 0.1) is 5.82 Å². The third-order valence-corrected chi connectivity index (χ3v) is 3.44. The standard InChI is InChI=1S/C16H15FN2OS/c1-19(13-10-6-5-9-12(13)17)16(20)14(15(18)21)11-7-3-2-4-8-11/h2-10,14H,1H3,(H2,18,21). The first-order valence-corrected chi connectivity index (χ1v) is 6.79.